The van der Waals surface area contributed by atoms with Crippen LogP contribution in [0, 0.1) is 0 Å². The number of phenolic OH excluding ortho intramolecular Hbond substituents is 1. The molecule has 0 unspecified atom stereocenters. The van der Waals surface area contributed by atoms with Gasteiger partial charge in [0.25, 0.3) is 0 Å². The molecule has 130 valence electrons. The zero-order valence-corrected chi connectivity index (χ0v) is 13.6. The van der Waals surface area contributed by atoms with E-state index in [-0.39, 0.29) is 28.6 Å². The Labute approximate surface area is 143 Å². The van der Waals surface area contributed by atoms with Crippen LogP contribution >= 0.6 is 0 Å². The normalized spacial score (nSPS) is 10.5. The average Bonchev–Trinajstić information content (AvgIpc) is 2.61. The molecule has 2 rings (SSSR count). The molecule has 2 N–H and O–H groups in total. The Hall–Kier alpha value is -3.48. The highest BCUT2D eigenvalue weighted by Crippen LogP contribution is 2.31. The van der Waals surface area contributed by atoms with Gasteiger partial charge in [-0.1, -0.05) is 6.07 Å². The Bertz CT molecular complexity index is 824. The minimum Gasteiger partial charge on any atom is -0.504 e. The maximum Gasteiger partial charge on any atom is 0.343 e. The molecule has 7 heteroatoms. The molecule has 25 heavy (non-hydrogen) atoms. The summed E-state index contributed by atoms with van der Waals surface area (Å²) in [7, 11) is 2.78. The van der Waals surface area contributed by atoms with Gasteiger partial charge in [-0.25, -0.2) is 9.59 Å². The number of aromatic hydroxyl groups is 1. The minimum absolute atomic E-state index is 0.0915. The molecule has 0 amide bonds. The number of ether oxygens (including phenoxy) is 3. The third-order valence-corrected chi connectivity index (χ3v) is 3.22. The second-order valence-electron chi connectivity index (χ2n) is 4.86. The Morgan fingerprint density at radius 3 is 2.32 bits per heavy atom. The van der Waals surface area contributed by atoms with E-state index in [0.29, 0.717) is 5.56 Å². The smallest absolute Gasteiger partial charge is 0.343 e. The highest BCUT2D eigenvalue weighted by atomic mass is 16.6. The standard InChI is InChI=1S/C18H16O7/c1-23-15-10-12(5-6-13(15)19)18(22)25-14-7-3-11(4-8-17(20)21)9-16(14)24-2/h3-10,19H,1-2H3,(H,20,21). The monoisotopic (exact) mass is 344 g/mol. The first-order valence-corrected chi connectivity index (χ1v) is 7.13. The Morgan fingerprint density at radius 1 is 0.960 bits per heavy atom. The molecule has 0 aliphatic heterocycles. The van der Waals surface area contributed by atoms with Crippen LogP contribution in [-0.2, 0) is 4.79 Å². The average molecular weight is 344 g/mol. The number of methoxy groups -OCH3 is 2. The van der Waals surface area contributed by atoms with Gasteiger partial charge in [-0.3, -0.25) is 0 Å². The van der Waals surface area contributed by atoms with Crippen LogP contribution in [0.5, 0.6) is 23.0 Å². The number of rotatable bonds is 6. The zero-order valence-electron chi connectivity index (χ0n) is 13.6. The predicted molar refractivity (Wildman–Crippen MR) is 89.3 cm³/mol. The largest absolute Gasteiger partial charge is 0.504 e. The number of hydrogen-bond acceptors (Lipinski definition) is 6. The van der Waals surface area contributed by atoms with Crippen molar-refractivity contribution in [1.82, 2.24) is 0 Å². The summed E-state index contributed by atoms with van der Waals surface area (Å²) in [6.07, 6.45) is 2.38. The van der Waals surface area contributed by atoms with Crippen molar-refractivity contribution < 1.29 is 34.0 Å². The van der Waals surface area contributed by atoms with Gasteiger partial charge in [0.2, 0.25) is 0 Å². The third kappa shape index (κ3) is 4.51. The zero-order chi connectivity index (χ0) is 18.4. The fourth-order valence-corrected chi connectivity index (χ4v) is 2.00. The molecule has 0 aromatic heterocycles. The molecule has 0 radical (unpaired) electrons. The maximum absolute atomic E-state index is 12.3. The molecular weight excluding hydrogens is 328 g/mol. The molecular formula is C18H16O7. The van der Waals surface area contributed by atoms with Crippen molar-refractivity contribution in [1.29, 1.82) is 0 Å². The Kier molecular flexibility index (Phi) is 5.62. The minimum atomic E-state index is -1.07. The predicted octanol–water partition coefficient (Wildman–Crippen LogP) is 2.73. The van der Waals surface area contributed by atoms with Crippen LogP contribution < -0.4 is 14.2 Å². The first-order valence-electron chi connectivity index (χ1n) is 7.13. The maximum atomic E-state index is 12.3. The molecule has 0 saturated heterocycles. The van der Waals surface area contributed by atoms with Gasteiger partial charge in [-0.05, 0) is 42.0 Å². The highest BCUT2D eigenvalue weighted by Gasteiger charge is 2.15. The summed E-state index contributed by atoms with van der Waals surface area (Å²) in [6, 6.07) is 8.70. The van der Waals surface area contributed by atoms with Gasteiger partial charge in [-0.15, -0.1) is 0 Å². The van der Waals surface area contributed by atoms with Crippen molar-refractivity contribution in [2.45, 2.75) is 0 Å². The van der Waals surface area contributed by atoms with Gasteiger partial charge in [0.15, 0.2) is 23.0 Å². The van der Waals surface area contributed by atoms with Crippen molar-refractivity contribution in [2.75, 3.05) is 14.2 Å². The van der Waals surface area contributed by atoms with E-state index in [9.17, 15) is 14.7 Å². The summed E-state index contributed by atoms with van der Waals surface area (Å²) >= 11 is 0. The van der Waals surface area contributed by atoms with Gasteiger partial charge in [0.05, 0.1) is 19.8 Å². The van der Waals surface area contributed by atoms with Crippen LogP contribution in [0.3, 0.4) is 0 Å². The van der Waals surface area contributed by atoms with Gasteiger partial charge >= 0.3 is 11.9 Å². The molecule has 0 fully saturated rings. The number of carbonyl (C=O) groups is 2. The summed E-state index contributed by atoms with van der Waals surface area (Å²) in [5, 5.41) is 18.2. The molecule has 0 aliphatic carbocycles. The Balaban J connectivity index is 2.24. The van der Waals surface area contributed by atoms with Crippen molar-refractivity contribution in [3.63, 3.8) is 0 Å². The number of benzene rings is 2. The fraction of sp³-hybridized carbons (Fsp3) is 0.111. The van der Waals surface area contributed by atoms with E-state index >= 15 is 0 Å². The van der Waals surface area contributed by atoms with Crippen LogP contribution in [0.2, 0.25) is 0 Å². The SMILES string of the molecule is COc1cc(C(=O)Oc2ccc(C=CC(=O)O)cc2OC)ccc1O. The van der Waals surface area contributed by atoms with Crippen molar-refractivity contribution >= 4 is 18.0 Å². The number of aliphatic carboxylic acids is 1. The van der Waals surface area contributed by atoms with Crippen molar-refractivity contribution in [3.05, 3.63) is 53.6 Å². The topological polar surface area (TPSA) is 102 Å². The van der Waals surface area contributed by atoms with Crippen LogP contribution in [0.15, 0.2) is 42.5 Å². The van der Waals surface area contributed by atoms with Crippen molar-refractivity contribution in [3.8, 4) is 23.0 Å². The van der Waals surface area contributed by atoms with Crippen LogP contribution in [-0.4, -0.2) is 36.4 Å². The van der Waals surface area contributed by atoms with E-state index in [1.165, 1.54) is 44.6 Å². The molecule has 2 aromatic carbocycles. The molecule has 0 spiro atoms. The molecule has 0 saturated carbocycles. The summed E-state index contributed by atoms with van der Waals surface area (Å²) in [5.74, 6) is -1.23. The molecule has 0 heterocycles. The summed E-state index contributed by atoms with van der Waals surface area (Å²) in [6.45, 7) is 0. The lowest BCUT2D eigenvalue weighted by Crippen LogP contribution is -2.09. The van der Waals surface area contributed by atoms with Gasteiger partial charge in [0, 0.05) is 6.08 Å². The lowest BCUT2D eigenvalue weighted by atomic mass is 10.1. The van der Waals surface area contributed by atoms with E-state index in [1.807, 2.05) is 0 Å². The fourth-order valence-electron chi connectivity index (χ4n) is 2.00. The molecule has 0 aliphatic rings. The van der Waals surface area contributed by atoms with Gasteiger partial charge < -0.3 is 24.4 Å². The summed E-state index contributed by atoms with van der Waals surface area (Å²) < 4.78 is 15.4. The lowest BCUT2D eigenvalue weighted by Gasteiger charge is -2.11. The quantitative estimate of drug-likeness (QED) is 0.472. The van der Waals surface area contributed by atoms with E-state index in [1.54, 1.807) is 12.1 Å². The second kappa shape index (κ2) is 7.87. The number of carbonyl (C=O) groups excluding carboxylic acids is 1. The van der Waals surface area contributed by atoms with Crippen molar-refractivity contribution in [2.24, 2.45) is 0 Å². The molecule has 2 aromatic rings. The van der Waals surface area contributed by atoms with Gasteiger partial charge in [-0.2, -0.15) is 0 Å². The van der Waals surface area contributed by atoms with E-state index in [2.05, 4.69) is 0 Å². The van der Waals surface area contributed by atoms with Crippen LogP contribution in [0.25, 0.3) is 6.08 Å². The van der Waals surface area contributed by atoms with Crippen LogP contribution in [0.4, 0.5) is 0 Å². The molecule has 0 atom stereocenters. The lowest BCUT2D eigenvalue weighted by molar-refractivity contribution is -0.131. The van der Waals surface area contributed by atoms with Crippen LogP contribution in [0.1, 0.15) is 15.9 Å². The van der Waals surface area contributed by atoms with E-state index < -0.39 is 11.9 Å². The molecule has 0 bridgehead atoms. The third-order valence-electron chi connectivity index (χ3n) is 3.22. The summed E-state index contributed by atoms with van der Waals surface area (Å²) in [4.78, 5) is 22.8. The number of phenols is 1. The summed E-state index contributed by atoms with van der Waals surface area (Å²) in [5.41, 5.74) is 0.761. The van der Waals surface area contributed by atoms with Gasteiger partial charge in [0.1, 0.15) is 0 Å². The van der Waals surface area contributed by atoms with E-state index in [4.69, 9.17) is 19.3 Å². The number of carboxylic acids is 1. The first-order chi connectivity index (χ1) is 11.9. The second-order valence-corrected chi connectivity index (χ2v) is 4.86. The first kappa shape index (κ1) is 17.9. The Morgan fingerprint density at radius 2 is 1.68 bits per heavy atom. The highest BCUT2D eigenvalue weighted by molar-refractivity contribution is 5.92. The van der Waals surface area contributed by atoms with E-state index in [0.717, 1.165) is 6.08 Å². The molecule has 7 nitrogen and oxygen atoms in total. The number of carboxylic acid groups (broad SMARTS) is 1. The number of hydrogen-bond donors (Lipinski definition) is 2. The number of esters is 1.